The lowest BCUT2D eigenvalue weighted by Gasteiger charge is -2.24. The average Bonchev–Trinajstić information content (AvgIpc) is 2.43. The maximum absolute atomic E-state index is 3.92. The highest BCUT2D eigenvalue weighted by molar-refractivity contribution is 5.51. The number of allylic oxidation sites excluding steroid dienone is 5. The third-order valence-corrected chi connectivity index (χ3v) is 3.30. The smallest absolute Gasteiger partial charge is 0.0236 e. The van der Waals surface area contributed by atoms with Crippen LogP contribution in [0.25, 0.3) is 0 Å². The highest BCUT2D eigenvalue weighted by Gasteiger charge is 2.11. The molecule has 0 aromatic heterocycles. The summed E-state index contributed by atoms with van der Waals surface area (Å²) in [5.74, 6) is 0. The van der Waals surface area contributed by atoms with Gasteiger partial charge in [-0.15, -0.1) is 0 Å². The van der Waals surface area contributed by atoms with Crippen molar-refractivity contribution in [2.45, 2.75) is 47.5 Å². The lowest BCUT2D eigenvalue weighted by atomic mass is 9.96. The number of hydrogen-bond donors (Lipinski definition) is 0. The van der Waals surface area contributed by atoms with E-state index in [4.69, 9.17) is 0 Å². The molecule has 0 N–H and O–H groups in total. The first-order valence-electron chi connectivity index (χ1n) is 7.51. The minimum Gasteiger partial charge on any atom is -0.299 e. The van der Waals surface area contributed by atoms with Crippen molar-refractivity contribution < 1.29 is 0 Å². The van der Waals surface area contributed by atoms with Crippen molar-refractivity contribution >= 4 is 0 Å². The minimum absolute atomic E-state index is 1.03. The molecule has 0 aliphatic heterocycles. The van der Waals surface area contributed by atoms with Gasteiger partial charge in [-0.3, -0.25) is 4.90 Å². The summed E-state index contributed by atoms with van der Waals surface area (Å²) in [5.41, 5.74) is 3.94. The van der Waals surface area contributed by atoms with Crippen molar-refractivity contribution in [1.82, 2.24) is 4.90 Å². The fourth-order valence-corrected chi connectivity index (χ4v) is 2.40. The van der Waals surface area contributed by atoms with Crippen LogP contribution in [0.1, 0.15) is 47.5 Å². The summed E-state index contributed by atoms with van der Waals surface area (Å²) in [6.45, 7) is 18.1. The van der Waals surface area contributed by atoms with E-state index in [9.17, 15) is 0 Å². The van der Waals surface area contributed by atoms with Crippen molar-refractivity contribution in [2.75, 3.05) is 19.6 Å². The van der Waals surface area contributed by atoms with E-state index in [1.807, 2.05) is 6.08 Å². The minimum atomic E-state index is 1.03. The fourth-order valence-electron chi connectivity index (χ4n) is 2.40. The fraction of sp³-hybridized carbons (Fsp3) is 0.556. The Labute approximate surface area is 120 Å². The van der Waals surface area contributed by atoms with Crippen molar-refractivity contribution in [3.8, 4) is 0 Å². The van der Waals surface area contributed by atoms with E-state index in [-0.39, 0.29) is 0 Å². The van der Waals surface area contributed by atoms with Gasteiger partial charge in [-0.25, -0.2) is 0 Å². The molecule has 0 aliphatic carbocycles. The van der Waals surface area contributed by atoms with E-state index in [1.54, 1.807) is 0 Å². The molecule has 0 unspecified atom stereocenters. The molecule has 19 heavy (non-hydrogen) atoms. The Morgan fingerprint density at radius 2 is 1.53 bits per heavy atom. The Bertz CT molecular complexity index is 339. The van der Waals surface area contributed by atoms with Gasteiger partial charge in [0.15, 0.2) is 0 Å². The summed E-state index contributed by atoms with van der Waals surface area (Å²) in [5, 5.41) is 0. The molecule has 1 nitrogen and oxygen atoms in total. The Morgan fingerprint density at radius 3 is 1.84 bits per heavy atom. The van der Waals surface area contributed by atoms with Crippen LogP contribution in [0.2, 0.25) is 0 Å². The summed E-state index contributed by atoms with van der Waals surface area (Å²) in [6.07, 6.45) is 10.9. The van der Waals surface area contributed by atoms with Gasteiger partial charge in [-0.1, -0.05) is 44.7 Å². The largest absolute Gasteiger partial charge is 0.299 e. The van der Waals surface area contributed by atoms with Gasteiger partial charge in [0.05, 0.1) is 0 Å². The SMILES string of the molecule is C=CC(=C\C)/C(=C/C)C(=C\C)/CN(CCC)CCC. The molecule has 0 atom stereocenters. The highest BCUT2D eigenvalue weighted by Crippen LogP contribution is 2.21. The molecule has 0 aliphatic rings. The van der Waals surface area contributed by atoms with E-state index in [1.165, 1.54) is 42.7 Å². The van der Waals surface area contributed by atoms with Gasteiger partial charge in [0.25, 0.3) is 0 Å². The average molecular weight is 261 g/mol. The predicted octanol–water partition coefficient (Wildman–Crippen LogP) is 5.13. The molecule has 108 valence electrons. The molecule has 0 saturated carbocycles. The van der Waals surface area contributed by atoms with Gasteiger partial charge in [-0.2, -0.15) is 0 Å². The van der Waals surface area contributed by atoms with Gasteiger partial charge in [0.2, 0.25) is 0 Å². The molecule has 0 aromatic rings. The summed E-state index contributed by atoms with van der Waals surface area (Å²) in [7, 11) is 0. The van der Waals surface area contributed by atoms with Crippen molar-refractivity contribution in [1.29, 1.82) is 0 Å². The third kappa shape index (κ3) is 6.07. The van der Waals surface area contributed by atoms with Gasteiger partial charge in [-0.05, 0) is 63.4 Å². The van der Waals surface area contributed by atoms with Crippen LogP contribution in [-0.2, 0) is 0 Å². The van der Waals surface area contributed by atoms with E-state index in [0.29, 0.717) is 0 Å². The Morgan fingerprint density at radius 1 is 0.947 bits per heavy atom. The van der Waals surface area contributed by atoms with Crippen molar-refractivity contribution in [3.05, 3.63) is 47.6 Å². The molecule has 0 rings (SSSR count). The number of hydrogen-bond acceptors (Lipinski definition) is 1. The van der Waals surface area contributed by atoms with Crippen LogP contribution >= 0.6 is 0 Å². The predicted molar refractivity (Wildman–Crippen MR) is 88.5 cm³/mol. The van der Waals surface area contributed by atoms with E-state index in [0.717, 1.165) is 6.54 Å². The molecular formula is C18H31N. The first-order chi connectivity index (χ1) is 9.18. The van der Waals surface area contributed by atoms with Gasteiger partial charge < -0.3 is 0 Å². The zero-order valence-electron chi connectivity index (χ0n) is 13.5. The molecule has 0 radical (unpaired) electrons. The van der Waals surface area contributed by atoms with E-state index >= 15 is 0 Å². The molecule has 0 aromatic carbocycles. The Balaban J connectivity index is 5.04. The van der Waals surface area contributed by atoms with Crippen molar-refractivity contribution in [3.63, 3.8) is 0 Å². The quantitative estimate of drug-likeness (QED) is 0.520. The van der Waals surface area contributed by atoms with Gasteiger partial charge in [0, 0.05) is 6.54 Å². The second-order valence-corrected chi connectivity index (χ2v) is 4.74. The maximum atomic E-state index is 3.92. The summed E-state index contributed by atoms with van der Waals surface area (Å²) in [6, 6.07) is 0. The molecule has 0 fully saturated rings. The zero-order chi connectivity index (χ0) is 14.7. The molecule has 0 heterocycles. The second kappa shape index (κ2) is 10.8. The molecule has 0 saturated heterocycles. The van der Waals surface area contributed by atoms with Gasteiger partial charge >= 0.3 is 0 Å². The van der Waals surface area contributed by atoms with Crippen LogP contribution in [0.3, 0.4) is 0 Å². The Hall–Kier alpha value is -1.08. The second-order valence-electron chi connectivity index (χ2n) is 4.74. The van der Waals surface area contributed by atoms with Crippen LogP contribution in [0.4, 0.5) is 0 Å². The topological polar surface area (TPSA) is 3.24 Å². The van der Waals surface area contributed by atoms with Crippen LogP contribution in [-0.4, -0.2) is 24.5 Å². The van der Waals surface area contributed by atoms with Crippen LogP contribution < -0.4 is 0 Å². The third-order valence-electron chi connectivity index (χ3n) is 3.30. The summed E-state index contributed by atoms with van der Waals surface area (Å²) < 4.78 is 0. The van der Waals surface area contributed by atoms with E-state index in [2.05, 4.69) is 64.3 Å². The first-order valence-corrected chi connectivity index (χ1v) is 7.51. The maximum Gasteiger partial charge on any atom is 0.0236 e. The zero-order valence-corrected chi connectivity index (χ0v) is 13.5. The van der Waals surface area contributed by atoms with Crippen molar-refractivity contribution in [2.24, 2.45) is 0 Å². The standard InChI is InChI=1S/C18H31N/c1-7-13-19(14-8-2)15-17(11-5)18(12-6)16(9-3)10-4/h9-12H,3,7-8,13-15H2,1-2,4-6H3/b16-10+,17-11-,18-12-. The van der Waals surface area contributed by atoms with E-state index < -0.39 is 0 Å². The Kier molecular flexibility index (Phi) is 10.2. The normalized spacial score (nSPS) is 14.1. The van der Waals surface area contributed by atoms with Crippen LogP contribution in [0.5, 0.6) is 0 Å². The molecule has 0 amide bonds. The first kappa shape index (κ1) is 17.9. The number of nitrogens with zero attached hydrogens (tertiary/aromatic N) is 1. The number of rotatable bonds is 9. The lowest BCUT2D eigenvalue weighted by Crippen LogP contribution is -2.28. The molecule has 1 heteroatoms. The summed E-state index contributed by atoms with van der Waals surface area (Å²) >= 11 is 0. The highest BCUT2D eigenvalue weighted by atomic mass is 15.1. The van der Waals surface area contributed by atoms with Crippen LogP contribution in [0.15, 0.2) is 47.6 Å². The van der Waals surface area contributed by atoms with Gasteiger partial charge in [0.1, 0.15) is 0 Å². The summed E-state index contributed by atoms with van der Waals surface area (Å²) in [4.78, 5) is 2.54. The molecule has 0 bridgehead atoms. The van der Waals surface area contributed by atoms with Crippen LogP contribution in [0, 0.1) is 0 Å². The molecule has 0 spiro atoms. The monoisotopic (exact) mass is 261 g/mol. The lowest BCUT2D eigenvalue weighted by molar-refractivity contribution is 0.298. The molecular weight excluding hydrogens is 230 g/mol.